The molecule has 56 heavy (non-hydrogen) atoms. The maximum absolute atomic E-state index is 15.8. The first kappa shape index (κ1) is 39.6. The molecule has 12 heteroatoms. The van der Waals surface area contributed by atoms with Gasteiger partial charge in [-0.2, -0.15) is 0 Å². The topological polar surface area (TPSA) is 87.8 Å². The molecule has 0 bridgehead atoms. The average Bonchev–Trinajstić information content (AvgIpc) is 3.19. The Hall–Kier alpha value is -4.59. The maximum atomic E-state index is 15.8. The first-order valence-corrected chi connectivity index (χ1v) is 23.4. The van der Waals surface area contributed by atoms with Crippen molar-refractivity contribution in [1.82, 2.24) is 15.2 Å². The Balaban J connectivity index is 1.03. The van der Waals surface area contributed by atoms with Crippen molar-refractivity contribution in [3.05, 3.63) is 117 Å². The zero-order valence-electron chi connectivity index (χ0n) is 32.0. The van der Waals surface area contributed by atoms with Crippen molar-refractivity contribution in [3.8, 4) is 11.3 Å². The number of hydrogen-bond donors (Lipinski definition) is 1. The van der Waals surface area contributed by atoms with Crippen molar-refractivity contribution in [3.63, 3.8) is 0 Å². The third-order valence-electron chi connectivity index (χ3n) is 11.6. The molecule has 3 aromatic carbocycles. The van der Waals surface area contributed by atoms with E-state index in [-0.39, 0.29) is 35.4 Å². The number of nitrogens with zero attached hydrogens (tertiary/aromatic N) is 4. The van der Waals surface area contributed by atoms with Gasteiger partial charge in [-0.05, 0) is 0 Å². The molecule has 0 unspecified atom stereocenters. The number of hydrogen-bond acceptors (Lipinski definition) is 6. The molecular weight excluding hydrogens is 833 g/mol. The Labute approximate surface area is 331 Å². The van der Waals surface area contributed by atoms with E-state index in [0.29, 0.717) is 52.3 Å². The molecule has 2 saturated heterocycles. The molecule has 1 N–H and O–H groups in total. The van der Waals surface area contributed by atoms with Crippen molar-refractivity contribution >= 4 is 54.9 Å². The predicted octanol–water partition coefficient (Wildman–Crippen LogP) is 9.81. The fraction of sp³-hybridized carbons (Fsp3) is 0.364. The molecule has 0 spiro atoms. The number of carbonyl (C=O) groups is 2. The molecule has 2 aliphatic rings. The van der Waals surface area contributed by atoms with Gasteiger partial charge < -0.3 is 0 Å². The van der Waals surface area contributed by atoms with Crippen LogP contribution in [0.5, 0.6) is 0 Å². The molecule has 2 fully saturated rings. The van der Waals surface area contributed by atoms with Crippen LogP contribution in [0.4, 0.5) is 23.4 Å². The molecule has 4 heterocycles. The Morgan fingerprint density at radius 2 is 1.75 bits per heavy atom. The van der Waals surface area contributed by atoms with Crippen molar-refractivity contribution in [2.75, 3.05) is 18.6 Å². The summed E-state index contributed by atoms with van der Waals surface area (Å²) in [5.74, 6) is -1.36. The number of pyridine rings is 1. The molecule has 7 rings (SSSR count). The van der Waals surface area contributed by atoms with Gasteiger partial charge in [-0.1, -0.05) is 18.2 Å². The van der Waals surface area contributed by atoms with Crippen LogP contribution in [0.2, 0.25) is 0 Å². The monoisotopic (exact) mass is 878 g/mol. The van der Waals surface area contributed by atoms with Crippen molar-refractivity contribution in [2.45, 2.75) is 83.8 Å². The van der Waals surface area contributed by atoms with E-state index in [1.54, 1.807) is 38.2 Å². The molecule has 2 aliphatic heterocycles. The zero-order chi connectivity index (χ0) is 39.9. The first-order valence-electron chi connectivity index (χ1n) is 18.9. The Kier molecular flexibility index (Phi) is 11.4. The number of alkyl halides is 4. The number of amides is 2. The molecule has 0 radical (unpaired) electrons. The van der Waals surface area contributed by atoms with E-state index in [1.807, 2.05) is 32.0 Å². The van der Waals surface area contributed by atoms with Crippen LogP contribution in [0.3, 0.4) is 0 Å². The number of piperidine rings is 1. The van der Waals surface area contributed by atoms with Crippen molar-refractivity contribution in [1.29, 1.82) is 0 Å². The molecule has 2 aromatic heterocycles. The molecule has 292 valence electrons. The van der Waals surface area contributed by atoms with Crippen molar-refractivity contribution < 1.29 is 31.7 Å². The number of halogens is 5. The first-order chi connectivity index (χ1) is 26.8. The minimum absolute atomic E-state index is 0.00491. The molecule has 5 aromatic rings. The second kappa shape index (κ2) is 16.1. The molecule has 2 amide bonds. The molecule has 2 atom stereocenters. The molecular formula is C44H45F4IN5O2+. The van der Waals surface area contributed by atoms with Crippen LogP contribution in [0.1, 0.15) is 90.6 Å². The van der Waals surface area contributed by atoms with E-state index in [0.717, 1.165) is 52.6 Å². The van der Waals surface area contributed by atoms with Crippen LogP contribution in [0.15, 0.2) is 60.8 Å². The van der Waals surface area contributed by atoms with E-state index < -0.39 is 49.7 Å². The second-order valence-electron chi connectivity index (χ2n) is 15.2. The van der Waals surface area contributed by atoms with Gasteiger partial charge >= 0.3 is 288 Å². The van der Waals surface area contributed by atoms with Crippen LogP contribution in [-0.2, 0) is 28.1 Å². The number of rotatable bonds is 10. The van der Waals surface area contributed by atoms with Gasteiger partial charge in [-0.25, -0.2) is 8.78 Å². The quantitative estimate of drug-likeness (QED) is 0.0495. The van der Waals surface area contributed by atoms with E-state index in [1.165, 1.54) is 18.2 Å². The predicted molar refractivity (Wildman–Crippen MR) is 220 cm³/mol. The van der Waals surface area contributed by atoms with Gasteiger partial charge in [0.25, 0.3) is 0 Å². The molecule has 7 nitrogen and oxygen atoms in total. The third-order valence-corrected chi connectivity index (χ3v) is 17.9. The number of aryl methyl sites for hydroxylation is 3. The van der Waals surface area contributed by atoms with E-state index >= 15 is 8.78 Å². The number of imide groups is 1. The Morgan fingerprint density at radius 1 is 0.982 bits per heavy atom. The van der Waals surface area contributed by atoms with Gasteiger partial charge in [-0.15, -0.1) is 0 Å². The number of fused-ring (bicyclic) bond motifs is 1. The van der Waals surface area contributed by atoms with Gasteiger partial charge in [0, 0.05) is 5.56 Å². The Bertz CT molecular complexity index is 2360. The summed E-state index contributed by atoms with van der Waals surface area (Å²) in [6.07, 6.45) is 4.61. The Morgan fingerprint density at radius 3 is 2.48 bits per heavy atom. The zero-order valence-corrected chi connectivity index (χ0v) is 34.2. The average molecular weight is 879 g/mol. The summed E-state index contributed by atoms with van der Waals surface area (Å²) in [5.41, 5.74) is 4.14. The SMILES string of the molecule is C=[N+]1C(=O)CC[C@](C)(c2cc(C)c(C3CCI(CCc4cc(-c5cc6c(N[C@H](C)c7cccc(CF)c7F)nnc(C)c6cn5)ccc4F)CC3)c(F)c2)C1=O. The summed E-state index contributed by atoms with van der Waals surface area (Å²) in [5, 5.41) is 13.4. The van der Waals surface area contributed by atoms with Crippen LogP contribution in [-0.4, -0.2) is 51.6 Å². The summed E-state index contributed by atoms with van der Waals surface area (Å²) >= 11 is -1.43. The van der Waals surface area contributed by atoms with E-state index in [4.69, 9.17) is 4.98 Å². The van der Waals surface area contributed by atoms with Crippen molar-refractivity contribution in [2.24, 2.45) is 0 Å². The summed E-state index contributed by atoms with van der Waals surface area (Å²) < 4.78 is 63.4. The van der Waals surface area contributed by atoms with Crippen LogP contribution < -0.4 is 5.32 Å². The van der Waals surface area contributed by atoms with E-state index in [9.17, 15) is 18.4 Å². The second-order valence-corrected chi connectivity index (χ2v) is 21.7. The van der Waals surface area contributed by atoms with Crippen LogP contribution >= 0.6 is 19.8 Å². The number of anilines is 1. The standard InChI is InChI=1S/C44H45F4IN5O2/c1-25-19-32(44(4)15-11-39(55)54(5)43(44)56)21-37(47)40(25)28-12-16-49(17-13-28)18-14-29-20-30(9-10-36(29)46)38-22-34-35(24-50-38)27(3)52-53-42(34)51-26(2)33-8-6-7-31(23-45)41(33)48/h6-10,19-22,24,26,28H,5,11-18,23H2,1-4H3,(H,51,53)/q+1/t26-,44-/m1/s1. The van der Waals surface area contributed by atoms with Gasteiger partial charge in [-0.3, -0.25) is 0 Å². The van der Waals surface area contributed by atoms with Gasteiger partial charge in [0.2, 0.25) is 0 Å². The normalized spacial score (nSPS) is 19.1. The number of carbonyl (C=O) groups excluding carboxylic acids is 2. The minimum atomic E-state index is -1.43. The summed E-state index contributed by atoms with van der Waals surface area (Å²) in [4.78, 5) is 29.8. The van der Waals surface area contributed by atoms with Crippen LogP contribution in [0, 0.1) is 31.3 Å². The summed E-state index contributed by atoms with van der Waals surface area (Å²) in [6, 6.07) is 14.5. The fourth-order valence-corrected chi connectivity index (χ4v) is 14.3. The fourth-order valence-electron chi connectivity index (χ4n) is 8.08. The molecule has 0 saturated carbocycles. The number of benzene rings is 3. The van der Waals surface area contributed by atoms with Gasteiger partial charge in [0.15, 0.2) is 0 Å². The molecule has 0 aliphatic carbocycles. The summed E-state index contributed by atoms with van der Waals surface area (Å²) in [6.45, 7) is 9.99. The van der Waals surface area contributed by atoms with Gasteiger partial charge in [0.1, 0.15) is 12.5 Å². The number of nitrogens with one attached hydrogen (secondary N) is 1. The van der Waals surface area contributed by atoms with E-state index in [2.05, 4.69) is 22.2 Å². The van der Waals surface area contributed by atoms with Gasteiger partial charge in [0.05, 0.1) is 0 Å². The third kappa shape index (κ3) is 7.60. The summed E-state index contributed by atoms with van der Waals surface area (Å²) in [7, 11) is 0. The number of aromatic nitrogens is 3. The van der Waals surface area contributed by atoms with Crippen LogP contribution in [0.25, 0.3) is 22.0 Å².